The maximum Gasteiger partial charge on any atom is 0.387 e. The average Bonchev–Trinajstić information content (AvgIpc) is 2.37. The minimum atomic E-state index is -2.77. The van der Waals surface area contributed by atoms with Crippen LogP contribution in [0.25, 0.3) is 0 Å². The first-order valence-electron chi connectivity index (χ1n) is 6.53. The van der Waals surface area contributed by atoms with Crippen LogP contribution in [0, 0.1) is 5.92 Å². The van der Waals surface area contributed by atoms with Crippen LogP contribution in [0.2, 0.25) is 0 Å². The number of rotatable bonds is 5. The zero-order valence-electron chi connectivity index (χ0n) is 10.4. The maximum absolute atomic E-state index is 12.1. The van der Waals surface area contributed by atoms with Gasteiger partial charge in [0.25, 0.3) is 0 Å². The third kappa shape index (κ3) is 4.17. The number of anilines is 1. The quantitative estimate of drug-likeness (QED) is 0.847. The second kappa shape index (κ2) is 6.57. The third-order valence-electron chi connectivity index (χ3n) is 3.38. The summed E-state index contributed by atoms with van der Waals surface area (Å²) in [6, 6.07) is 6.76. The van der Waals surface area contributed by atoms with Gasteiger partial charge in [-0.3, -0.25) is 0 Å². The van der Waals surface area contributed by atoms with Gasteiger partial charge in [-0.15, -0.1) is 0 Å². The summed E-state index contributed by atoms with van der Waals surface area (Å²) in [6.45, 7) is -1.85. The molecule has 18 heavy (non-hydrogen) atoms. The Balaban J connectivity index is 1.84. The molecule has 2 rings (SSSR count). The molecular weight excluding hydrogens is 236 g/mol. The molecular formula is C14H19F2NO. The maximum atomic E-state index is 12.1. The van der Waals surface area contributed by atoms with E-state index in [1.54, 1.807) is 12.1 Å². The van der Waals surface area contributed by atoms with Gasteiger partial charge in [0.2, 0.25) is 0 Å². The van der Waals surface area contributed by atoms with Gasteiger partial charge in [-0.1, -0.05) is 25.3 Å². The Bertz CT molecular complexity index is 365. The lowest BCUT2D eigenvalue weighted by Crippen LogP contribution is -2.17. The monoisotopic (exact) mass is 255 g/mol. The molecule has 1 aromatic rings. The fraction of sp³-hybridized carbons (Fsp3) is 0.571. The van der Waals surface area contributed by atoms with E-state index in [2.05, 4.69) is 10.1 Å². The van der Waals surface area contributed by atoms with E-state index in [-0.39, 0.29) is 5.75 Å². The van der Waals surface area contributed by atoms with Crippen LogP contribution in [0.1, 0.15) is 32.1 Å². The molecule has 0 aromatic heterocycles. The molecule has 1 fully saturated rings. The van der Waals surface area contributed by atoms with E-state index in [1.165, 1.54) is 38.2 Å². The van der Waals surface area contributed by atoms with Crippen molar-refractivity contribution in [2.24, 2.45) is 5.92 Å². The van der Waals surface area contributed by atoms with Crippen molar-refractivity contribution < 1.29 is 13.5 Å². The van der Waals surface area contributed by atoms with Gasteiger partial charge in [0.15, 0.2) is 0 Å². The Hall–Kier alpha value is -1.32. The minimum Gasteiger partial charge on any atom is -0.435 e. The SMILES string of the molecule is FC(F)Oc1cccc(NCC2CCCCC2)c1. The van der Waals surface area contributed by atoms with Crippen molar-refractivity contribution in [1.29, 1.82) is 0 Å². The van der Waals surface area contributed by atoms with Crippen molar-refractivity contribution >= 4 is 5.69 Å². The topological polar surface area (TPSA) is 21.3 Å². The number of halogens is 2. The predicted molar refractivity (Wildman–Crippen MR) is 68.1 cm³/mol. The average molecular weight is 255 g/mol. The molecule has 1 aliphatic rings. The van der Waals surface area contributed by atoms with Crippen LogP contribution in [-0.4, -0.2) is 13.2 Å². The fourth-order valence-electron chi connectivity index (χ4n) is 2.44. The molecule has 0 atom stereocenters. The zero-order valence-corrected chi connectivity index (χ0v) is 10.4. The van der Waals surface area contributed by atoms with Gasteiger partial charge in [-0.25, -0.2) is 0 Å². The highest BCUT2D eigenvalue weighted by atomic mass is 19.3. The summed E-state index contributed by atoms with van der Waals surface area (Å²) in [6.07, 6.45) is 6.48. The predicted octanol–water partition coefficient (Wildman–Crippen LogP) is 4.28. The standard InChI is InChI=1S/C14H19F2NO/c15-14(16)18-13-8-4-7-12(9-13)17-10-11-5-2-1-3-6-11/h4,7-9,11,14,17H,1-3,5-6,10H2. The molecule has 100 valence electrons. The highest BCUT2D eigenvalue weighted by molar-refractivity contribution is 5.48. The molecule has 0 aliphatic heterocycles. The van der Waals surface area contributed by atoms with E-state index in [0.29, 0.717) is 5.92 Å². The van der Waals surface area contributed by atoms with Crippen LogP contribution >= 0.6 is 0 Å². The van der Waals surface area contributed by atoms with Gasteiger partial charge in [0.05, 0.1) is 0 Å². The van der Waals surface area contributed by atoms with Gasteiger partial charge in [-0.2, -0.15) is 8.78 Å². The number of hydrogen-bond acceptors (Lipinski definition) is 2. The fourth-order valence-corrected chi connectivity index (χ4v) is 2.44. The summed E-state index contributed by atoms with van der Waals surface area (Å²) in [5, 5.41) is 3.30. The molecule has 0 unspecified atom stereocenters. The Morgan fingerprint density at radius 3 is 2.72 bits per heavy atom. The molecule has 0 amide bonds. The van der Waals surface area contributed by atoms with E-state index >= 15 is 0 Å². The number of benzene rings is 1. The number of nitrogens with one attached hydrogen (secondary N) is 1. The zero-order chi connectivity index (χ0) is 12.8. The summed E-state index contributed by atoms with van der Waals surface area (Å²) in [5.41, 5.74) is 0.846. The lowest BCUT2D eigenvalue weighted by molar-refractivity contribution is -0.0498. The third-order valence-corrected chi connectivity index (χ3v) is 3.38. The minimum absolute atomic E-state index is 0.207. The van der Waals surface area contributed by atoms with E-state index in [1.807, 2.05) is 6.07 Å². The summed E-state index contributed by atoms with van der Waals surface area (Å²) < 4.78 is 28.5. The largest absolute Gasteiger partial charge is 0.435 e. The Labute approximate surface area is 106 Å². The van der Waals surface area contributed by atoms with Crippen molar-refractivity contribution in [3.63, 3.8) is 0 Å². The molecule has 0 saturated heterocycles. The van der Waals surface area contributed by atoms with E-state index in [4.69, 9.17) is 0 Å². The lowest BCUT2D eigenvalue weighted by Gasteiger charge is -2.22. The molecule has 0 spiro atoms. The summed E-state index contributed by atoms with van der Waals surface area (Å²) in [7, 11) is 0. The molecule has 1 aromatic carbocycles. The first-order valence-corrected chi connectivity index (χ1v) is 6.53. The van der Waals surface area contributed by atoms with Crippen LogP contribution in [0.3, 0.4) is 0 Å². The van der Waals surface area contributed by atoms with Crippen LogP contribution in [0.4, 0.5) is 14.5 Å². The van der Waals surface area contributed by atoms with Gasteiger partial charge < -0.3 is 10.1 Å². The number of alkyl halides is 2. The molecule has 1 saturated carbocycles. The molecule has 4 heteroatoms. The van der Waals surface area contributed by atoms with E-state index in [0.717, 1.165) is 12.2 Å². The van der Waals surface area contributed by atoms with Crippen LogP contribution < -0.4 is 10.1 Å². The normalized spacial score (nSPS) is 16.8. The van der Waals surface area contributed by atoms with Crippen LogP contribution in [0.15, 0.2) is 24.3 Å². The Kier molecular flexibility index (Phi) is 4.79. The van der Waals surface area contributed by atoms with Gasteiger partial charge in [0.1, 0.15) is 5.75 Å². The highest BCUT2D eigenvalue weighted by Crippen LogP contribution is 2.25. The molecule has 2 nitrogen and oxygen atoms in total. The van der Waals surface area contributed by atoms with Gasteiger partial charge in [0, 0.05) is 18.3 Å². The van der Waals surface area contributed by atoms with Crippen LogP contribution in [0.5, 0.6) is 5.75 Å². The number of hydrogen-bond donors (Lipinski definition) is 1. The first-order chi connectivity index (χ1) is 8.74. The van der Waals surface area contributed by atoms with Crippen molar-refractivity contribution in [3.05, 3.63) is 24.3 Å². The molecule has 1 N–H and O–H groups in total. The summed E-state index contributed by atoms with van der Waals surface area (Å²) in [4.78, 5) is 0. The summed E-state index contributed by atoms with van der Waals surface area (Å²) in [5.74, 6) is 0.914. The summed E-state index contributed by atoms with van der Waals surface area (Å²) >= 11 is 0. The molecule has 0 bridgehead atoms. The Morgan fingerprint density at radius 2 is 2.00 bits per heavy atom. The van der Waals surface area contributed by atoms with E-state index in [9.17, 15) is 8.78 Å². The van der Waals surface area contributed by atoms with Crippen molar-refractivity contribution in [1.82, 2.24) is 0 Å². The Morgan fingerprint density at radius 1 is 1.22 bits per heavy atom. The second-order valence-corrected chi connectivity index (χ2v) is 4.79. The van der Waals surface area contributed by atoms with Gasteiger partial charge >= 0.3 is 6.61 Å². The van der Waals surface area contributed by atoms with Crippen LogP contribution in [-0.2, 0) is 0 Å². The smallest absolute Gasteiger partial charge is 0.387 e. The number of ether oxygens (including phenoxy) is 1. The lowest BCUT2D eigenvalue weighted by atomic mass is 9.89. The van der Waals surface area contributed by atoms with Gasteiger partial charge in [-0.05, 0) is 30.9 Å². The van der Waals surface area contributed by atoms with Crippen molar-refractivity contribution in [2.45, 2.75) is 38.7 Å². The van der Waals surface area contributed by atoms with E-state index < -0.39 is 6.61 Å². The molecule has 0 heterocycles. The second-order valence-electron chi connectivity index (χ2n) is 4.79. The molecule has 1 aliphatic carbocycles. The van der Waals surface area contributed by atoms with Crippen molar-refractivity contribution in [2.75, 3.05) is 11.9 Å². The first kappa shape index (κ1) is 13.1. The van der Waals surface area contributed by atoms with Crippen molar-refractivity contribution in [3.8, 4) is 5.75 Å². The highest BCUT2D eigenvalue weighted by Gasteiger charge is 2.13. The molecule has 0 radical (unpaired) electrons.